The van der Waals surface area contributed by atoms with Gasteiger partial charge in [0.2, 0.25) is 11.9 Å². The summed E-state index contributed by atoms with van der Waals surface area (Å²) in [4.78, 5) is 35.1. The van der Waals surface area contributed by atoms with Gasteiger partial charge >= 0.3 is 0 Å². The van der Waals surface area contributed by atoms with Crippen molar-refractivity contribution in [1.29, 1.82) is 0 Å². The van der Waals surface area contributed by atoms with Crippen molar-refractivity contribution < 1.29 is 9.21 Å². The van der Waals surface area contributed by atoms with Gasteiger partial charge in [0.05, 0.1) is 18.4 Å². The molecule has 1 unspecified atom stereocenters. The molecule has 1 fully saturated rings. The zero-order valence-electron chi connectivity index (χ0n) is 14.2. The van der Waals surface area contributed by atoms with Crippen LogP contribution >= 0.6 is 0 Å². The molecule has 2 aromatic rings. The fourth-order valence-corrected chi connectivity index (χ4v) is 2.95. The quantitative estimate of drug-likeness (QED) is 0.913. The Morgan fingerprint density at radius 1 is 1.50 bits per heavy atom. The highest BCUT2D eigenvalue weighted by atomic mass is 16.3. The van der Waals surface area contributed by atoms with E-state index >= 15 is 0 Å². The number of hydrogen-bond acceptors (Lipinski definition) is 5. The van der Waals surface area contributed by atoms with E-state index in [9.17, 15) is 9.59 Å². The second-order valence-corrected chi connectivity index (χ2v) is 6.42. The topological polar surface area (TPSA) is 82.4 Å². The van der Waals surface area contributed by atoms with Crippen LogP contribution in [0.1, 0.15) is 29.4 Å². The van der Waals surface area contributed by atoms with Crippen molar-refractivity contribution in [3.8, 4) is 0 Å². The molecule has 0 aliphatic carbocycles. The van der Waals surface area contributed by atoms with Gasteiger partial charge in [-0.2, -0.15) is 0 Å². The number of rotatable bonds is 4. The molecule has 2 aromatic heterocycles. The number of carbonyl (C=O) groups is 1. The van der Waals surface area contributed by atoms with E-state index in [0.717, 1.165) is 17.7 Å². The molecule has 7 heteroatoms. The zero-order chi connectivity index (χ0) is 17.3. The number of nitrogens with zero attached hydrogens (tertiary/aromatic N) is 3. The first-order chi connectivity index (χ1) is 11.4. The molecule has 1 aliphatic heterocycles. The van der Waals surface area contributed by atoms with E-state index in [4.69, 9.17) is 4.42 Å². The highest BCUT2D eigenvalue weighted by Gasteiger charge is 2.29. The fourth-order valence-electron chi connectivity index (χ4n) is 2.95. The van der Waals surface area contributed by atoms with Gasteiger partial charge in [0.15, 0.2) is 0 Å². The molecule has 3 heterocycles. The van der Waals surface area contributed by atoms with Gasteiger partial charge in [-0.05, 0) is 25.0 Å². The number of aryl methyl sites for hydroxylation is 1. The lowest BCUT2D eigenvalue weighted by atomic mass is 10.1. The Morgan fingerprint density at radius 3 is 2.96 bits per heavy atom. The molecular weight excluding hydrogens is 308 g/mol. The molecule has 3 rings (SSSR count). The number of hydrogen-bond donors (Lipinski definition) is 1. The minimum absolute atomic E-state index is 0.0493. The summed E-state index contributed by atoms with van der Waals surface area (Å²) < 4.78 is 5.35. The van der Waals surface area contributed by atoms with Crippen LogP contribution < -0.4 is 10.5 Å². The van der Waals surface area contributed by atoms with E-state index in [1.807, 2.05) is 32.0 Å². The van der Waals surface area contributed by atoms with E-state index in [1.54, 1.807) is 11.2 Å². The molecule has 0 saturated carbocycles. The predicted molar refractivity (Wildman–Crippen MR) is 90.3 cm³/mol. The number of furan rings is 1. The summed E-state index contributed by atoms with van der Waals surface area (Å²) >= 11 is 0. The molecule has 1 saturated heterocycles. The summed E-state index contributed by atoms with van der Waals surface area (Å²) in [6, 6.07) is 3.39. The monoisotopic (exact) mass is 330 g/mol. The Balaban J connectivity index is 1.70. The first-order valence-corrected chi connectivity index (χ1v) is 8.03. The van der Waals surface area contributed by atoms with Crippen molar-refractivity contribution in [3.05, 3.63) is 45.8 Å². The van der Waals surface area contributed by atoms with E-state index in [0.29, 0.717) is 24.8 Å². The molecule has 1 amide bonds. The van der Waals surface area contributed by atoms with Crippen molar-refractivity contribution in [1.82, 2.24) is 14.9 Å². The lowest BCUT2D eigenvalue weighted by molar-refractivity contribution is -0.129. The van der Waals surface area contributed by atoms with Crippen LogP contribution in [-0.4, -0.2) is 48.0 Å². The number of aromatic nitrogens is 2. The smallest absolute Gasteiger partial charge is 0.252 e. The molecule has 0 spiro atoms. The van der Waals surface area contributed by atoms with Crippen LogP contribution in [0, 0.1) is 6.92 Å². The standard InChI is InChI=1S/C17H22N4O3/c1-11-5-7-24-14(11)9-16(23)21-6-4-12(10-21)13-8-15(22)19-17(18-13)20(2)3/h5,7-8,12H,4,6,9-10H2,1-3H3,(H,18,19,22). The lowest BCUT2D eigenvalue weighted by Gasteiger charge is -2.17. The minimum Gasteiger partial charge on any atom is -0.469 e. The predicted octanol–water partition coefficient (Wildman–Crippen LogP) is 1.30. The third-order valence-electron chi connectivity index (χ3n) is 4.41. The molecule has 7 nitrogen and oxygen atoms in total. The Bertz CT molecular complexity index is 793. The van der Waals surface area contributed by atoms with Crippen LogP contribution in [0.25, 0.3) is 0 Å². The number of likely N-dealkylation sites (tertiary alicyclic amines) is 1. The summed E-state index contributed by atoms with van der Waals surface area (Å²) in [7, 11) is 3.66. The van der Waals surface area contributed by atoms with Crippen LogP contribution in [0.15, 0.2) is 27.6 Å². The maximum atomic E-state index is 12.5. The second-order valence-electron chi connectivity index (χ2n) is 6.42. The van der Waals surface area contributed by atoms with E-state index in [2.05, 4.69) is 9.97 Å². The van der Waals surface area contributed by atoms with Crippen LogP contribution in [0.2, 0.25) is 0 Å². The van der Waals surface area contributed by atoms with Crippen molar-refractivity contribution in [3.63, 3.8) is 0 Å². The SMILES string of the molecule is Cc1ccoc1CC(=O)N1CCC(c2cc(=O)[nH]c(N(C)C)n2)C1. The van der Waals surface area contributed by atoms with Gasteiger partial charge in [-0.25, -0.2) is 4.98 Å². The normalized spacial score (nSPS) is 17.3. The highest BCUT2D eigenvalue weighted by Crippen LogP contribution is 2.26. The fraction of sp³-hybridized carbons (Fsp3) is 0.471. The number of carbonyl (C=O) groups excluding carboxylic acids is 1. The first kappa shape index (κ1) is 16.3. The van der Waals surface area contributed by atoms with Crippen LogP contribution in [-0.2, 0) is 11.2 Å². The van der Waals surface area contributed by atoms with Crippen LogP contribution in [0.5, 0.6) is 0 Å². The zero-order valence-corrected chi connectivity index (χ0v) is 14.2. The summed E-state index contributed by atoms with van der Waals surface area (Å²) in [6.07, 6.45) is 2.69. The molecule has 128 valence electrons. The molecule has 0 radical (unpaired) electrons. The molecule has 0 aromatic carbocycles. The highest BCUT2D eigenvalue weighted by molar-refractivity contribution is 5.78. The van der Waals surface area contributed by atoms with Crippen molar-refractivity contribution in [2.45, 2.75) is 25.7 Å². The summed E-state index contributed by atoms with van der Waals surface area (Å²) in [6.45, 7) is 3.19. The summed E-state index contributed by atoms with van der Waals surface area (Å²) in [5, 5.41) is 0. The van der Waals surface area contributed by atoms with Crippen molar-refractivity contribution >= 4 is 11.9 Å². The van der Waals surface area contributed by atoms with Gasteiger partial charge in [0.1, 0.15) is 5.76 Å². The number of anilines is 1. The van der Waals surface area contributed by atoms with E-state index < -0.39 is 0 Å². The Hall–Kier alpha value is -2.57. The van der Waals surface area contributed by atoms with Gasteiger partial charge in [-0.3, -0.25) is 14.6 Å². The molecule has 0 bridgehead atoms. The van der Waals surface area contributed by atoms with Gasteiger partial charge < -0.3 is 14.2 Å². The largest absolute Gasteiger partial charge is 0.469 e. The maximum Gasteiger partial charge on any atom is 0.252 e. The average Bonchev–Trinajstić information content (AvgIpc) is 3.16. The van der Waals surface area contributed by atoms with Gasteiger partial charge in [-0.1, -0.05) is 0 Å². The van der Waals surface area contributed by atoms with Crippen molar-refractivity contribution in [2.75, 3.05) is 32.1 Å². The Labute approximate surface area is 140 Å². The maximum absolute atomic E-state index is 12.5. The van der Waals surface area contributed by atoms with Gasteiger partial charge in [0.25, 0.3) is 5.56 Å². The summed E-state index contributed by atoms with van der Waals surface area (Å²) in [5.41, 5.74) is 1.57. The molecule has 1 N–H and O–H groups in total. The minimum atomic E-state index is -0.167. The van der Waals surface area contributed by atoms with Gasteiger partial charge in [0, 0.05) is 39.2 Å². The number of nitrogens with one attached hydrogen (secondary N) is 1. The van der Waals surface area contributed by atoms with Crippen LogP contribution in [0.3, 0.4) is 0 Å². The number of amides is 1. The molecule has 1 atom stereocenters. The second kappa shape index (κ2) is 6.51. The number of H-pyrrole nitrogens is 1. The molecule has 1 aliphatic rings. The molecule has 24 heavy (non-hydrogen) atoms. The third-order valence-corrected chi connectivity index (χ3v) is 4.41. The number of aromatic amines is 1. The lowest BCUT2D eigenvalue weighted by Crippen LogP contribution is -2.30. The third kappa shape index (κ3) is 3.34. The first-order valence-electron chi connectivity index (χ1n) is 8.03. The Morgan fingerprint density at radius 2 is 2.29 bits per heavy atom. The Kier molecular flexibility index (Phi) is 4.42. The van der Waals surface area contributed by atoms with Crippen LogP contribution in [0.4, 0.5) is 5.95 Å². The molecular formula is C17H22N4O3. The van der Waals surface area contributed by atoms with Gasteiger partial charge in [-0.15, -0.1) is 0 Å². The van der Waals surface area contributed by atoms with E-state index in [1.165, 1.54) is 6.07 Å². The summed E-state index contributed by atoms with van der Waals surface area (Å²) in [5.74, 6) is 1.39. The average molecular weight is 330 g/mol. The van der Waals surface area contributed by atoms with E-state index in [-0.39, 0.29) is 23.8 Å². The van der Waals surface area contributed by atoms with Crippen molar-refractivity contribution in [2.24, 2.45) is 0 Å².